The van der Waals surface area contributed by atoms with E-state index in [0.29, 0.717) is 5.92 Å². The van der Waals surface area contributed by atoms with E-state index in [1.165, 1.54) is 89.4 Å². The molecule has 0 N–H and O–H groups in total. The van der Waals surface area contributed by atoms with E-state index in [2.05, 4.69) is 201 Å². The molecule has 1 spiro atoms. The monoisotopic (exact) mass is 677 g/mol. The number of hydrogen-bond acceptors (Lipinski definition) is 1. The highest BCUT2D eigenvalue weighted by Crippen LogP contribution is 2.66. The van der Waals surface area contributed by atoms with E-state index in [0.717, 1.165) is 6.42 Å². The van der Waals surface area contributed by atoms with Crippen molar-refractivity contribution in [2.75, 3.05) is 4.90 Å². The van der Waals surface area contributed by atoms with Crippen LogP contribution in [0.25, 0.3) is 39.0 Å². The van der Waals surface area contributed by atoms with Crippen molar-refractivity contribution in [3.63, 3.8) is 0 Å². The summed E-state index contributed by atoms with van der Waals surface area (Å²) in [5.41, 5.74) is 20.8. The molecule has 0 fully saturated rings. The predicted molar refractivity (Wildman–Crippen MR) is 221 cm³/mol. The maximum atomic E-state index is 2.54. The van der Waals surface area contributed by atoms with E-state index in [-0.39, 0.29) is 10.8 Å². The summed E-state index contributed by atoms with van der Waals surface area (Å²) >= 11 is 0. The zero-order chi connectivity index (χ0) is 35.3. The number of nitrogens with zero attached hydrogens (tertiary/aromatic N) is 1. The van der Waals surface area contributed by atoms with Crippen LogP contribution in [0.2, 0.25) is 0 Å². The number of fused-ring (bicyclic) bond motifs is 13. The quantitative estimate of drug-likeness (QED) is 0.179. The lowest BCUT2D eigenvalue weighted by Gasteiger charge is -2.36. The van der Waals surface area contributed by atoms with Crippen LogP contribution in [0.1, 0.15) is 53.6 Å². The van der Waals surface area contributed by atoms with Crippen LogP contribution in [0.3, 0.4) is 0 Å². The molecule has 7 aromatic rings. The summed E-state index contributed by atoms with van der Waals surface area (Å²) in [4.78, 5) is 2.52. The van der Waals surface area contributed by atoms with Crippen LogP contribution in [-0.4, -0.2) is 0 Å². The first-order valence-electron chi connectivity index (χ1n) is 19.0. The molecule has 1 nitrogen and oxygen atoms in total. The number of rotatable bonds is 4. The van der Waals surface area contributed by atoms with Gasteiger partial charge in [-0.25, -0.2) is 0 Å². The number of hydrogen-bond donors (Lipinski definition) is 0. The fraction of sp³-hybridized carbons (Fsp3) is 0.115. The normalized spacial score (nSPS) is 17.3. The molecule has 1 atom stereocenters. The molecule has 0 saturated heterocycles. The lowest BCUT2D eigenvalue weighted by Crippen LogP contribution is -2.32. The summed E-state index contributed by atoms with van der Waals surface area (Å²) in [6.07, 6.45) is 8.04. The topological polar surface area (TPSA) is 3.24 Å². The molecule has 53 heavy (non-hydrogen) atoms. The lowest BCUT2D eigenvalue weighted by atomic mass is 9.65. The van der Waals surface area contributed by atoms with E-state index < -0.39 is 0 Å². The summed E-state index contributed by atoms with van der Waals surface area (Å²) in [7, 11) is 0. The minimum Gasteiger partial charge on any atom is -0.310 e. The Kier molecular flexibility index (Phi) is 6.41. The molecule has 7 aromatic carbocycles. The molecule has 11 rings (SSSR count). The average molecular weight is 678 g/mol. The molecule has 252 valence electrons. The summed E-state index contributed by atoms with van der Waals surface area (Å²) in [6.45, 7) is 4.75. The third-order valence-electron chi connectivity index (χ3n) is 12.7. The van der Waals surface area contributed by atoms with E-state index in [1.807, 2.05) is 0 Å². The lowest BCUT2D eigenvalue weighted by molar-refractivity contribution is 0.495. The van der Waals surface area contributed by atoms with E-state index in [4.69, 9.17) is 0 Å². The fourth-order valence-electron chi connectivity index (χ4n) is 10.5. The highest BCUT2D eigenvalue weighted by Gasteiger charge is 2.56. The SMILES string of the molecule is CC1(C)c2ccccc2-c2ccc(N(c3ccc4c(c3)C3(c5ccccc5-c5ccccc53)C3CC=CC=C43)c3ccccc3-c3ccccc3)cc21. The Morgan fingerprint density at radius 1 is 0.472 bits per heavy atom. The molecule has 0 bridgehead atoms. The first-order valence-corrected chi connectivity index (χ1v) is 19.0. The Bertz CT molecular complexity index is 2640. The molecule has 0 aromatic heterocycles. The molecule has 0 heterocycles. The largest absolute Gasteiger partial charge is 0.310 e. The van der Waals surface area contributed by atoms with Crippen LogP contribution in [0.15, 0.2) is 182 Å². The third-order valence-corrected chi connectivity index (χ3v) is 12.7. The van der Waals surface area contributed by atoms with Crippen molar-refractivity contribution in [3.8, 4) is 33.4 Å². The van der Waals surface area contributed by atoms with Crippen molar-refractivity contribution in [1.29, 1.82) is 0 Å². The van der Waals surface area contributed by atoms with Crippen LogP contribution >= 0.6 is 0 Å². The summed E-state index contributed by atoms with van der Waals surface area (Å²) in [5, 5.41) is 0. The zero-order valence-electron chi connectivity index (χ0n) is 30.1. The van der Waals surface area contributed by atoms with Gasteiger partial charge in [-0.3, -0.25) is 0 Å². The Labute approximate surface area is 312 Å². The Morgan fingerprint density at radius 3 is 1.70 bits per heavy atom. The number of anilines is 3. The van der Waals surface area contributed by atoms with Gasteiger partial charge in [0.25, 0.3) is 0 Å². The molecular formula is C52H39N. The Balaban J connectivity index is 1.19. The van der Waals surface area contributed by atoms with Crippen LogP contribution in [0.5, 0.6) is 0 Å². The molecule has 0 radical (unpaired) electrons. The molecule has 1 heteroatoms. The van der Waals surface area contributed by atoms with Gasteiger partial charge in [-0.05, 0) is 104 Å². The van der Waals surface area contributed by atoms with Gasteiger partial charge in [-0.2, -0.15) is 0 Å². The van der Waals surface area contributed by atoms with Gasteiger partial charge < -0.3 is 4.90 Å². The van der Waals surface area contributed by atoms with Gasteiger partial charge in [0, 0.05) is 28.3 Å². The van der Waals surface area contributed by atoms with Crippen molar-refractivity contribution >= 4 is 22.6 Å². The molecule has 4 aliphatic carbocycles. The smallest absolute Gasteiger partial charge is 0.0541 e. The molecule has 0 amide bonds. The second-order valence-corrected chi connectivity index (χ2v) is 15.6. The Hall–Kier alpha value is -6.18. The van der Waals surface area contributed by atoms with Crippen LogP contribution < -0.4 is 4.90 Å². The van der Waals surface area contributed by atoms with Crippen LogP contribution in [0, 0.1) is 5.92 Å². The maximum absolute atomic E-state index is 2.54. The van der Waals surface area contributed by atoms with Gasteiger partial charge in [0.1, 0.15) is 0 Å². The number of para-hydroxylation sites is 1. The van der Waals surface area contributed by atoms with Gasteiger partial charge in [-0.15, -0.1) is 0 Å². The highest BCUT2D eigenvalue weighted by molar-refractivity contribution is 5.95. The predicted octanol–water partition coefficient (Wildman–Crippen LogP) is 13.4. The van der Waals surface area contributed by atoms with Gasteiger partial charge in [0.15, 0.2) is 0 Å². The molecule has 0 saturated carbocycles. The molecule has 4 aliphatic rings. The van der Waals surface area contributed by atoms with Gasteiger partial charge in [0.05, 0.1) is 11.1 Å². The first kappa shape index (κ1) is 30.4. The third kappa shape index (κ3) is 4.08. The first-order chi connectivity index (χ1) is 26.1. The van der Waals surface area contributed by atoms with Crippen molar-refractivity contribution in [2.24, 2.45) is 5.92 Å². The second kappa shape index (κ2) is 11.2. The van der Waals surface area contributed by atoms with Gasteiger partial charge >= 0.3 is 0 Å². The minimum absolute atomic E-state index is 0.110. The van der Waals surface area contributed by atoms with Crippen molar-refractivity contribution in [1.82, 2.24) is 0 Å². The van der Waals surface area contributed by atoms with E-state index in [1.54, 1.807) is 0 Å². The van der Waals surface area contributed by atoms with Crippen molar-refractivity contribution < 1.29 is 0 Å². The number of allylic oxidation sites excluding steroid dienone is 4. The highest BCUT2D eigenvalue weighted by atomic mass is 15.1. The molecule has 0 aliphatic heterocycles. The maximum Gasteiger partial charge on any atom is 0.0541 e. The second-order valence-electron chi connectivity index (χ2n) is 15.6. The number of benzene rings is 7. The van der Waals surface area contributed by atoms with Gasteiger partial charge in [0.2, 0.25) is 0 Å². The minimum atomic E-state index is -0.276. The average Bonchev–Trinajstić information content (AvgIpc) is 3.77. The standard InChI is InChI=1S/C52H39N/c1-51(2)44-23-11-6-19-38(44)42-30-28-35(32-48(42)51)53(50-27-15-10-18-37(50)34-16-4-3-5-17-34)36-29-31-43-41-22-9-14-26-47(41)52(49(43)33-36)45-24-12-7-20-39(45)40-21-8-13-25-46(40)52/h3-25,27-33,47H,26H2,1-2H3. The molecule has 1 unspecified atom stereocenters. The van der Waals surface area contributed by atoms with Crippen LogP contribution in [0.4, 0.5) is 17.1 Å². The van der Waals surface area contributed by atoms with Gasteiger partial charge in [-0.1, -0.05) is 166 Å². The van der Waals surface area contributed by atoms with Crippen molar-refractivity contribution in [3.05, 3.63) is 215 Å². The zero-order valence-corrected chi connectivity index (χ0v) is 30.1. The Morgan fingerprint density at radius 2 is 1.00 bits per heavy atom. The van der Waals surface area contributed by atoms with E-state index >= 15 is 0 Å². The van der Waals surface area contributed by atoms with Crippen LogP contribution in [-0.2, 0) is 10.8 Å². The fourth-order valence-corrected chi connectivity index (χ4v) is 10.5. The van der Waals surface area contributed by atoms with Crippen molar-refractivity contribution in [2.45, 2.75) is 31.1 Å². The summed E-state index contributed by atoms with van der Waals surface area (Å²) in [6, 6.07) is 61.6. The summed E-state index contributed by atoms with van der Waals surface area (Å²) in [5.74, 6) is 0.326. The molecular weight excluding hydrogens is 639 g/mol. The summed E-state index contributed by atoms with van der Waals surface area (Å²) < 4.78 is 0. The van der Waals surface area contributed by atoms with E-state index in [9.17, 15) is 0 Å².